The van der Waals surface area contributed by atoms with E-state index in [-0.39, 0.29) is 17.6 Å². The van der Waals surface area contributed by atoms with Crippen molar-refractivity contribution in [3.8, 4) is 0 Å². The fraction of sp³-hybridized carbons (Fsp3) is 0.812. The lowest BCUT2D eigenvalue weighted by Crippen LogP contribution is -2.39. The molecule has 0 bridgehead atoms. The molecule has 2 atom stereocenters. The zero-order valence-electron chi connectivity index (χ0n) is 14.4. The molecule has 0 spiro atoms. The molecule has 0 radical (unpaired) electrons. The van der Waals surface area contributed by atoms with E-state index < -0.39 is 36.2 Å². The highest BCUT2D eigenvalue weighted by atomic mass is 16.6. The number of ether oxygens (including phenoxy) is 3. The summed E-state index contributed by atoms with van der Waals surface area (Å²) in [6, 6.07) is 0. The standard InChI is InChI=1S/C16H25NO6/c1-14(2,3)9-16(15(4,5)17-16)13(20)22-8-11(18)23-10-6-7-21-12(10)19/h10,17H,6-9H2,1-5H3. The predicted octanol–water partition coefficient (Wildman–Crippen LogP) is 0.945. The number of esters is 3. The largest absolute Gasteiger partial charge is 0.463 e. The molecule has 7 nitrogen and oxygen atoms in total. The van der Waals surface area contributed by atoms with Gasteiger partial charge in [-0.05, 0) is 25.7 Å². The molecule has 7 heteroatoms. The molecule has 2 aliphatic rings. The van der Waals surface area contributed by atoms with Crippen molar-refractivity contribution in [1.82, 2.24) is 5.32 Å². The van der Waals surface area contributed by atoms with Crippen LogP contribution >= 0.6 is 0 Å². The number of nitrogens with one attached hydrogen (secondary N) is 1. The first-order valence-electron chi connectivity index (χ1n) is 7.80. The van der Waals surface area contributed by atoms with Gasteiger partial charge in [-0.3, -0.25) is 5.32 Å². The Labute approximate surface area is 136 Å². The average Bonchev–Trinajstić information content (AvgIpc) is 2.73. The smallest absolute Gasteiger partial charge is 0.347 e. The van der Waals surface area contributed by atoms with E-state index in [1.807, 2.05) is 34.6 Å². The van der Waals surface area contributed by atoms with E-state index >= 15 is 0 Å². The molecule has 2 fully saturated rings. The van der Waals surface area contributed by atoms with Crippen molar-refractivity contribution in [3.63, 3.8) is 0 Å². The maximum absolute atomic E-state index is 12.4. The predicted molar refractivity (Wildman–Crippen MR) is 80.4 cm³/mol. The quantitative estimate of drug-likeness (QED) is 0.455. The molecule has 0 aromatic rings. The Morgan fingerprint density at radius 1 is 1.35 bits per heavy atom. The molecule has 2 heterocycles. The molecule has 2 rings (SSSR count). The van der Waals surface area contributed by atoms with Crippen molar-refractivity contribution in [2.75, 3.05) is 13.2 Å². The van der Waals surface area contributed by atoms with Crippen LogP contribution in [0.5, 0.6) is 0 Å². The van der Waals surface area contributed by atoms with Crippen LogP contribution in [-0.2, 0) is 28.6 Å². The Morgan fingerprint density at radius 3 is 2.39 bits per heavy atom. The number of carbonyl (C=O) groups excluding carboxylic acids is 3. The Morgan fingerprint density at radius 2 is 1.96 bits per heavy atom. The summed E-state index contributed by atoms with van der Waals surface area (Å²) in [4.78, 5) is 35.4. The maximum Gasteiger partial charge on any atom is 0.347 e. The molecule has 2 saturated heterocycles. The molecule has 1 N–H and O–H groups in total. The van der Waals surface area contributed by atoms with Crippen LogP contribution in [0.4, 0.5) is 0 Å². The molecule has 0 aromatic carbocycles. The Bertz CT molecular complexity index is 521. The molecular weight excluding hydrogens is 302 g/mol. The van der Waals surface area contributed by atoms with Crippen LogP contribution in [-0.4, -0.2) is 48.3 Å². The third kappa shape index (κ3) is 3.83. The summed E-state index contributed by atoms with van der Waals surface area (Å²) >= 11 is 0. The summed E-state index contributed by atoms with van der Waals surface area (Å²) in [5.74, 6) is -1.77. The summed E-state index contributed by atoms with van der Waals surface area (Å²) in [5, 5.41) is 3.18. The van der Waals surface area contributed by atoms with Crippen LogP contribution < -0.4 is 5.32 Å². The van der Waals surface area contributed by atoms with E-state index in [0.29, 0.717) is 12.8 Å². The van der Waals surface area contributed by atoms with Crippen molar-refractivity contribution in [2.24, 2.45) is 5.41 Å². The molecule has 2 aliphatic heterocycles. The van der Waals surface area contributed by atoms with Gasteiger partial charge in [-0.25, -0.2) is 14.4 Å². The third-order valence-corrected chi connectivity index (χ3v) is 4.16. The van der Waals surface area contributed by atoms with Crippen molar-refractivity contribution >= 4 is 17.9 Å². The lowest BCUT2D eigenvalue weighted by atomic mass is 9.79. The summed E-state index contributed by atoms with van der Waals surface area (Å²) in [7, 11) is 0. The van der Waals surface area contributed by atoms with Crippen LogP contribution in [0.1, 0.15) is 47.5 Å². The van der Waals surface area contributed by atoms with Crippen molar-refractivity contribution in [3.05, 3.63) is 0 Å². The van der Waals surface area contributed by atoms with Gasteiger partial charge in [0.25, 0.3) is 0 Å². The second-order valence-corrected chi connectivity index (χ2v) is 7.90. The highest BCUT2D eigenvalue weighted by Crippen LogP contribution is 2.46. The number of rotatable bonds is 5. The summed E-state index contributed by atoms with van der Waals surface area (Å²) in [6.45, 7) is 9.70. The van der Waals surface area contributed by atoms with Crippen LogP contribution in [0.2, 0.25) is 0 Å². The van der Waals surface area contributed by atoms with Gasteiger partial charge in [0.05, 0.1) is 6.61 Å². The number of carbonyl (C=O) groups is 3. The normalized spacial score (nSPS) is 28.9. The van der Waals surface area contributed by atoms with Gasteiger partial charge in [-0.15, -0.1) is 0 Å². The van der Waals surface area contributed by atoms with Crippen LogP contribution in [0.25, 0.3) is 0 Å². The Balaban J connectivity index is 1.88. The highest BCUT2D eigenvalue weighted by molar-refractivity contribution is 5.89. The van der Waals surface area contributed by atoms with E-state index in [1.165, 1.54) is 0 Å². The molecule has 0 amide bonds. The zero-order valence-corrected chi connectivity index (χ0v) is 14.4. The van der Waals surface area contributed by atoms with Crippen molar-refractivity contribution in [2.45, 2.75) is 64.6 Å². The number of hydrogen-bond acceptors (Lipinski definition) is 7. The van der Waals surface area contributed by atoms with Gasteiger partial charge in [0.15, 0.2) is 6.61 Å². The molecule has 0 aromatic heterocycles. The van der Waals surface area contributed by atoms with E-state index in [1.54, 1.807) is 0 Å². The average molecular weight is 327 g/mol. The maximum atomic E-state index is 12.4. The summed E-state index contributed by atoms with van der Waals surface area (Å²) in [6.07, 6.45) is 0.0388. The minimum absolute atomic E-state index is 0.0755. The highest BCUT2D eigenvalue weighted by Gasteiger charge is 2.68. The van der Waals surface area contributed by atoms with E-state index in [2.05, 4.69) is 5.32 Å². The summed E-state index contributed by atoms with van der Waals surface area (Å²) < 4.78 is 14.8. The van der Waals surface area contributed by atoms with Gasteiger partial charge in [-0.1, -0.05) is 20.8 Å². The molecule has 23 heavy (non-hydrogen) atoms. The lowest BCUT2D eigenvalue weighted by Gasteiger charge is -2.25. The minimum Gasteiger partial charge on any atom is -0.463 e. The van der Waals surface area contributed by atoms with Crippen LogP contribution in [0.15, 0.2) is 0 Å². The number of hydrogen-bond donors (Lipinski definition) is 1. The lowest BCUT2D eigenvalue weighted by molar-refractivity contribution is -0.168. The van der Waals surface area contributed by atoms with Gasteiger partial charge < -0.3 is 14.2 Å². The monoisotopic (exact) mass is 327 g/mol. The Kier molecular flexibility index (Phi) is 4.45. The van der Waals surface area contributed by atoms with Crippen LogP contribution in [0.3, 0.4) is 0 Å². The van der Waals surface area contributed by atoms with Crippen molar-refractivity contribution in [1.29, 1.82) is 0 Å². The topological polar surface area (TPSA) is 101 Å². The van der Waals surface area contributed by atoms with Gasteiger partial charge in [0.2, 0.25) is 6.10 Å². The van der Waals surface area contributed by atoms with Gasteiger partial charge in [0, 0.05) is 12.0 Å². The third-order valence-electron chi connectivity index (χ3n) is 4.16. The molecule has 0 saturated carbocycles. The van der Waals surface area contributed by atoms with E-state index in [0.717, 1.165) is 0 Å². The molecular formula is C16H25NO6. The fourth-order valence-electron chi connectivity index (χ4n) is 2.97. The molecule has 2 unspecified atom stereocenters. The van der Waals surface area contributed by atoms with Gasteiger partial charge in [-0.2, -0.15) is 0 Å². The zero-order chi connectivity index (χ0) is 17.5. The first-order valence-corrected chi connectivity index (χ1v) is 7.80. The van der Waals surface area contributed by atoms with E-state index in [4.69, 9.17) is 14.2 Å². The summed E-state index contributed by atoms with van der Waals surface area (Å²) in [5.41, 5.74) is -1.25. The second kappa shape index (κ2) is 5.78. The first-order chi connectivity index (χ1) is 10.5. The van der Waals surface area contributed by atoms with Crippen molar-refractivity contribution < 1.29 is 28.6 Å². The SMILES string of the molecule is CC(C)(C)CC1(C(=O)OCC(=O)OC2CCOC2=O)NC1(C)C. The van der Waals surface area contributed by atoms with Crippen LogP contribution in [0, 0.1) is 5.41 Å². The Hall–Kier alpha value is -1.63. The molecule has 130 valence electrons. The van der Waals surface area contributed by atoms with Gasteiger partial charge in [0.1, 0.15) is 5.54 Å². The number of cyclic esters (lactones) is 1. The first kappa shape index (κ1) is 17.7. The molecule has 0 aliphatic carbocycles. The second-order valence-electron chi connectivity index (χ2n) is 7.90. The van der Waals surface area contributed by atoms with Gasteiger partial charge >= 0.3 is 17.9 Å². The van der Waals surface area contributed by atoms with E-state index in [9.17, 15) is 14.4 Å². The fourth-order valence-corrected chi connectivity index (χ4v) is 2.97. The minimum atomic E-state index is -0.889.